The van der Waals surface area contributed by atoms with Crippen molar-refractivity contribution in [3.05, 3.63) is 200 Å². The SMILES string of the molecule is c1ccc(-c2nc(-c3ccccc3)nc(-c3ccc4oc5c(-c6ccc7c(ccc8ccccc87)c6)cc(-c6ccc7ccc8ccccc8c7c6)cc5c4c3)n2)cc1. The van der Waals surface area contributed by atoms with Crippen molar-refractivity contribution in [2.24, 2.45) is 0 Å². The number of benzene rings is 10. The molecule has 0 radical (unpaired) electrons. The average Bonchev–Trinajstić information content (AvgIpc) is 3.69. The van der Waals surface area contributed by atoms with Crippen LogP contribution in [0, 0.1) is 0 Å². The van der Waals surface area contributed by atoms with E-state index in [2.05, 4.69) is 140 Å². The van der Waals surface area contributed by atoms with Crippen LogP contribution in [0.2, 0.25) is 0 Å². The van der Waals surface area contributed by atoms with Crippen molar-refractivity contribution >= 4 is 65.0 Å². The first kappa shape index (κ1) is 33.2. The van der Waals surface area contributed by atoms with Crippen LogP contribution in [0.1, 0.15) is 0 Å². The second kappa shape index (κ2) is 13.3. The Kier molecular flexibility index (Phi) is 7.50. The Morgan fingerprint density at radius 1 is 0.271 bits per heavy atom. The maximum absolute atomic E-state index is 6.86. The van der Waals surface area contributed by atoms with Crippen LogP contribution in [0.4, 0.5) is 0 Å². The van der Waals surface area contributed by atoms with Gasteiger partial charge in [-0.3, -0.25) is 0 Å². The number of hydrogen-bond acceptors (Lipinski definition) is 4. The largest absolute Gasteiger partial charge is 0.455 e. The van der Waals surface area contributed by atoms with E-state index in [1.165, 1.54) is 43.1 Å². The third kappa shape index (κ3) is 5.65. The zero-order valence-electron chi connectivity index (χ0n) is 31.8. The summed E-state index contributed by atoms with van der Waals surface area (Å²) in [6.07, 6.45) is 0. The molecule has 274 valence electrons. The van der Waals surface area contributed by atoms with E-state index in [4.69, 9.17) is 19.4 Å². The molecule has 10 aromatic carbocycles. The molecule has 0 fully saturated rings. The molecule has 0 bridgehead atoms. The standard InChI is InChI=1S/C55H33N3O/c1-3-13-37(14-4-1)53-56-54(38-15-5-2-6-16-38)58-55(57-53)42-26-28-51-49(31-42)50-33-43(39-23-21-36-20-19-35-12-8-10-18-45(35)47(36)30-39)32-48(52(50)59-51)41-25-27-46-40(29-41)24-22-34-11-7-9-17-44(34)46/h1-33H. The molecule has 0 aliphatic rings. The van der Waals surface area contributed by atoms with E-state index in [0.29, 0.717) is 17.5 Å². The van der Waals surface area contributed by atoms with E-state index >= 15 is 0 Å². The van der Waals surface area contributed by atoms with E-state index in [1.54, 1.807) is 0 Å². The van der Waals surface area contributed by atoms with E-state index in [9.17, 15) is 0 Å². The number of fused-ring (bicyclic) bond motifs is 9. The van der Waals surface area contributed by atoms with Crippen LogP contribution in [0.25, 0.3) is 121 Å². The molecule has 4 nitrogen and oxygen atoms in total. The van der Waals surface area contributed by atoms with Gasteiger partial charge in [0.25, 0.3) is 0 Å². The predicted molar refractivity (Wildman–Crippen MR) is 244 cm³/mol. The fourth-order valence-electron chi connectivity index (χ4n) is 8.70. The molecular formula is C55H33N3O. The summed E-state index contributed by atoms with van der Waals surface area (Å²) in [5.74, 6) is 1.86. The molecule has 0 atom stereocenters. The summed E-state index contributed by atoms with van der Waals surface area (Å²) in [5.41, 5.74) is 8.81. The summed E-state index contributed by atoms with van der Waals surface area (Å²) >= 11 is 0. The summed E-state index contributed by atoms with van der Waals surface area (Å²) in [6.45, 7) is 0. The zero-order chi connectivity index (χ0) is 38.9. The average molecular weight is 752 g/mol. The van der Waals surface area contributed by atoms with Gasteiger partial charge in [0.2, 0.25) is 0 Å². The highest BCUT2D eigenvalue weighted by molar-refractivity contribution is 6.15. The Morgan fingerprint density at radius 2 is 0.763 bits per heavy atom. The van der Waals surface area contributed by atoms with E-state index in [1.807, 2.05) is 60.7 Å². The summed E-state index contributed by atoms with van der Waals surface area (Å²) < 4.78 is 6.86. The maximum Gasteiger partial charge on any atom is 0.164 e. The van der Waals surface area contributed by atoms with Crippen molar-refractivity contribution < 1.29 is 4.42 Å². The lowest BCUT2D eigenvalue weighted by Gasteiger charge is -2.12. The summed E-state index contributed by atoms with van der Waals surface area (Å²) in [7, 11) is 0. The molecule has 0 saturated carbocycles. The van der Waals surface area contributed by atoms with Gasteiger partial charge in [0.1, 0.15) is 11.2 Å². The molecule has 0 spiro atoms. The first-order chi connectivity index (χ1) is 29.2. The van der Waals surface area contributed by atoms with Gasteiger partial charge in [0, 0.05) is 33.0 Å². The summed E-state index contributed by atoms with van der Waals surface area (Å²) in [6, 6.07) is 70.7. The van der Waals surface area contributed by atoms with Crippen LogP contribution in [0.5, 0.6) is 0 Å². The summed E-state index contributed by atoms with van der Waals surface area (Å²) in [4.78, 5) is 15.0. The Morgan fingerprint density at radius 3 is 1.46 bits per heavy atom. The normalized spacial score (nSPS) is 11.7. The van der Waals surface area contributed by atoms with Gasteiger partial charge in [-0.25, -0.2) is 15.0 Å². The van der Waals surface area contributed by atoms with Gasteiger partial charge in [-0.2, -0.15) is 0 Å². The van der Waals surface area contributed by atoms with Gasteiger partial charge in [-0.15, -0.1) is 0 Å². The molecule has 59 heavy (non-hydrogen) atoms. The first-order valence-electron chi connectivity index (χ1n) is 19.9. The highest BCUT2D eigenvalue weighted by atomic mass is 16.3. The van der Waals surface area contributed by atoms with Gasteiger partial charge < -0.3 is 4.42 Å². The van der Waals surface area contributed by atoms with E-state index in [-0.39, 0.29) is 0 Å². The van der Waals surface area contributed by atoms with Gasteiger partial charge in [-0.1, -0.05) is 158 Å². The van der Waals surface area contributed by atoms with Crippen molar-refractivity contribution in [3.8, 4) is 56.4 Å². The minimum Gasteiger partial charge on any atom is -0.455 e. The smallest absolute Gasteiger partial charge is 0.164 e. The quantitative estimate of drug-likeness (QED) is 0.164. The highest BCUT2D eigenvalue weighted by Gasteiger charge is 2.19. The molecule has 0 unspecified atom stereocenters. The fourth-order valence-corrected chi connectivity index (χ4v) is 8.70. The van der Waals surface area contributed by atoms with Crippen LogP contribution in [0.15, 0.2) is 205 Å². The zero-order valence-corrected chi connectivity index (χ0v) is 31.8. The minimum absolute atomic E-state index is 0.605. The molecule has 12 rings (SSSR count). The number of rotatable bonds is 5. The Balaban J connectivity index is 1.09. The van der Waals surface area contributed by atoms with Gasteiger partial charge in [-0.05, 0) is 102 Å². The third-order valence-corrected chi connectivity index (χ3v) is 11.7. The minimum atomic E-state index is 0.605. The van der Waals surface area contributed by atoms with Crippen LogP contribution < -0.4 is 0 Å². The molecule has 2 heterocycles. The van der Waals surface area contributed by atoms with Crippen LogP contribution in [-0.4, -0.2) is 15.0 Å². The van der Waals surface area contributed by atoms with Crippen molar-refractivity contribution in [3.63, 3.8) is 0 Å². The Labute approximate surface area is 339 Å². The summed E-state index contributed by atoms with van der Waals surface area (Å²) in [5, 5.41) is 11.9. The number of aromatic nitrogens is 3. The van der Waals surface area contributed by atoms with Gasteiger partial charge >= 0.3 is 0 Å². The van der Waals surface area contributed by atoms with E-state index < -0.39 is 0 Å². The number of hydrogen-bond donors (Lipinski definition) is 0. The van der Waals surface area contributed by atoms with Crippen LogP contribution >= 0.6 is 0 Å². The molecule has 4 heteroatoms. The molecule has 12 aromatic rings. The number of nitrogens with zero attached hydrogens (tertiary/aromatic N) is 3. The van der Waals surface area contributed by atoms with Crippen molar-refractivity contribution in [2.75, 3.05) is 0 Å². The fraction of sp³-hybridized carbons (Fsp3) is 0. The molecule has 0 saturated heterocycles. The van der Waals surface area contributed by atoms with Crippen molar-refractivity contribution in [1.29, 1.82) is 0 Å². The molecule has 0 aliphatic carbocycles. The number of furan rings is 1. The second-order valence-corrected chi connectivity index (χ2v) is 15.2. The molecular weight excluding hydrogens is 719 g/mol. The van der Waals surface area contributed by atoms with Crippen LogP contribution in [0.3, 0.4) is 0 Å². The van der Waals surface area contributed by atoms with Crippen LogP contribution in [-0.2, 0) is 0 Å². The van der Waals surface area contributed by atoms with E-state index in [0.717, 1.165) is 60.9 Å². The highest BCUT2D eigenvalue weighted by Crippen LogP contribution is 2.42. The molecule has 0 aliphatic heterocycles. The lowest BCUT2D eigenvalue weighted by molar-refractivity contribution is 0.670. The third-order valence-electron chi connectivity index (χ3n) is 11.7. The molecule has 2 aromatic heterocycles. The molecule has 0 N–H and O–H groups in total. The topological polar surface area (TPSA) is 51.8 Å². The monoisotopic (exact) mass is 751 g/mol. The lowest BCUT2D eigenvalue weighted by Crippen LogP contribution is -2.00. The lowest BCUT2D eigenvalue weighted by atomic mass is 9.92. The maximum atomic E-state index is 6.86. The van der Waals surface area contributed by atoms with Gasteiger partial charge in [0.15, 0.2) is 17.5 Å². The van der Waals surface area contributed by atoms with Crippen molar-refractivity contribution in [1.82, 2.24) is 15.0 Å². The second-order valence-electron chi connectivity index (χ2n) is 15.2. The molecule has 0 amide bonds. The Bertz CT molecular complexity index is 3550. The Hall–Kier alpha value is -7.95. The van der Waals surface area contributed by atoms with Gasteiger partial charge in [0.05, 0.1) is 0 Å². The van der Waals surface area contributed by atoms with Crippen molar-refractivity contribution in [2.45, 2.75) is 0 Å². The predicted octanol–water partition coefficient (Wildman–Crippen LogP) is 14.7. The first-order valence-corrected chi connectivity index (χ1v) is 19.9.